The first-order valence-corrected chi connectivity index (χ1v) is 13.5. The van der Waals surface area contributed by atoms with Gasteiger partial charge in [0.25, 0.3) is 0 Å². The van der Waals surface area contributed by atoms with Gasteiger partial charge in [-0.2, -0.15) is 4.31 Å². The van der Waals surface area contributed by atoms with Gasteiger partial charge in [0, 0.05) is 45.5 Å². The molecule has 0 spiro atoms. The van der Waals surface area contributed by atoms with Gasteiger partial charge in [-0.15, -0.1) is 0 Å². The number of sulfonamides is 1. The molecule has 10 nitrogen and oxygen atoms in total. The monoisotopic (exact) mass is 519 g/mol. The lowest BCUT2D eigenvalue weighted by Gasteiger charge is -2.38. The summed E-state index contributed by atoms with van der Waals surface area (Å²) < 4.78 is 27.1. The van der Waals surface area contributed by atoms with Crippen molar-refractivity contribution in [1.82, 2.24) is 24.2 Å². The molecule has 1 unspecified atom stereocenters. The highest BCUT2D eigenvalue weighted by molar-refractivity contribution is 7.89. The van der Waals surface area contributed by atoms with E-state index in [1.54, 1.807) is 20.2 Å². The molecule has 3 aromatic rings. The second-order valence-electron chi connectivity index (χ2n) is 8.36. The fourth-order valence-corrected chi connectivity index (χ4v) is 5.96. The number of hydrogen-bond donors (Lipinski definition) is 2. The Morgan fingerprint density at radius 1 is 1.17 bits per heavy atom. The minimum atomic E-state index is -3.67. The summed E-state index contributed by atoms with van der Waals surface area (Å²) in [5.74, 6) is 0.638. The number of hydrogen-bond acceptors (Lipinski definition) is 7. The molecular weight excluding hydrogens is 490 g/mol. The summed E-state index contributed by atoms with van der Waals surface area (Å²) in [5.41, 5.74) is 1.08. The Labute approximate surface area is 210 Å². The molecule has 0 saturated carbocycles. The molecule has 35 heavy (non-hydrogen) atoms. The number of H-pyrrole nitrogens is 1. The number of halogens is 1. The van der Waals surface area contributed by atoms with Crippen LogP contribution in [0, 0.1) is 0 Å². The van der Waals surface area contributed by atoms with E-state index in [1.165, 1.54) is 22.5 Å². The van der Waals surface area contributed by atoms with Gasteiger partial charge in [0.15, 0.2) is 0 Å². The van der Waals surface area contributed by atoms with E-state index in [0.717, 1.165) is 16.9 Å². The highest BCUT2D eigenvalue weighted by Crippen LogP contribution is 2.28. The van der Waals surface area contributed by atoms with Crippen LogP contribution in [0.2, 0.25) is 5.02 Å². The quantitative estimate of drug-likeness (QED) is 0.470. The van der Waals surface area contributed by atoms with E-state index in [-0.39, 0.29) is 21.5 Å². The van der Waals surface area contributed by atoms with Crippen LogP contribution in [0.15, 0.2) is 41.7 Å². The third-order valence-electron chi connectivity index (χ3n) is 6.41. The fraction of sp³-hybridized carbons (Fsp3) is 0.435. The molecule has 1 saturated heterocycles. The van der Waals surface area contributed by atoms with Crippen LogP contribution in [-0.2, 0) is 14.8 Å². The van der Waals surface area contributed by atoms with Crippen LogP contribution in [-0.4, -0.2) is 83.8 Å². The summed E-state index contributed by atoms with van der Waals surface area (Å²) in [4.78, 5) is 29.2. The molecule has 12 heteroatoms. The second-order valence-corrected chi connectivity index (χ2v) is 10.7. The summed E-state index contributed by atoms with van der Waals surface area (Å²) in [6, 6.07) is 5.93. The molecule has 1 fully saturated rings. The largest absolute Gasteiger partial charge is 0.353 e. The van der Waals surface area contributed by atoms with Crippen LogP contribution >= 0.6 is 11.6 Å². The number of nitrogens with one attached hydrogen (secondary N) is 2. The van der Waals surface area contributed by atoms with E-state index in [2.05, 4.69) is 30.1 Å². The zero-order chi connectivity index (χ0) is 25.2. The Morgan fingerprint density at radius 3 is 2.57 bits per heavy atom. The predicted molar refractivity (Wildman–Crippen MR) is 137 cm³/mol. The number of carbonyl (C=O) groups excluding carboxylic acids is 1. The van der Waals surface area contributed by atoms with Gasteiger partial charge in [-0.3, -0.25) is 9.69 Å². The summed E-state index contributed by atoms with van der Waals surface area (Å²) >= 11 is 6.30. The van der Waals surface area contributed by atoms with E-state index in [4.69, 9.17) is 11.6 Å². The standard InChI is InChI=1S/C23H30ClN7O3S/c1-4-31(5-2)35(33,34)17-6-7-19(24)20(14-17)28-23(32)16(3)29-10-12-30(13-11-29)22-18-8-9-25-21(18)26-15-27-22/h6-9,14-16H,4-5,10-13H2,1-3H3,(H,28,32)(H,25,26,27). The number of aromatic amines is 1. The number of nitrogens with zero attached hydrogens (tertiary/aromatic N) is 5. The molecule has 1 amide bonds. The maximum Gasteiger partial charge on any atom is 0.243 e. The number of rotatable bonds is 8. The van der Waals surface area contributed by atoms with Crippen molar-refractivity contribution in [3.63, 3.8) is 0 Å². The van der Waals surface area contributed by atoms with Crippen molar-refractivity contribution < 1.29 is 13.2 Å². The maximum atomic E-state index is 13.1. The highest BCUT2D eigenvalue weighted by atomic mass is 35.5. The number of amides is 1. The molecule has 4 rings (SSSR count). The molecule has 1 atom stereocenters. The lowest BCUT2D eigenvalue weighted by atomic mass is 10.2. The lowest BCUT2D eigenvalue weighted by molar-refractivity contribution is -0.120. The Bertz CT molecular complexity index is 1300. The van der Waals surface area contributed by atoms with E-state index in [9.17, 15) is 13.2 Å². The van der Waals surface area contributed by atoms with Crippen molar-refractivity contribution in [2.75, 3.05) is 49.5 Å². The van der Waals surface area contributed by atoms with Gasteiger partial charge in [0.1, 0.15) is 17.8 Å². The van der Waals surface area contributed by atoms with Crippen LogP contribution < -0.4 is 10.2 Å². The first-order valence-electron chi connectivity index (χ1n) is 11.6. The third kappa shape index (κ3) is 5.13. The van der Waals surface area contributed by atoms with Crippen LogP contribution in [0.5, 0.6) is 0 Å². The maximum absolute atomic E-state index is 13.1. The number of benzene rings is 1. The molecule has 1 aliphatic rings. The smallest absolute Gasteiger partial charge is 0.243 e. The molecule has 1 aromatic carbocycles. The Hall–Kier alpha value is -2.73. The van der Waals surface area contributed by atoms with E-state index >= 15 is 0 Å². The summed E-state index contributed by atoms with van der Waals surface area (Å²) in [7, 11) is -3.67. The molecule has 0 bridgehead atoms. The van der Waals surface area contributed by atoms with Crippen LogP contribution in [0.25, 0.3) is 11.0 Å². The Morgan fingerprint density at radius 2 is 1.89 bits per heavy atom. The number of fused-ring (bicyclic) bond motifs is 1. The first kappa shape index (κ1) is 25.4. The minimum Gasteiger partial charge on any atom is -0.353 e. The van der Waals surface area contributed by atoms with Gasteiger partial charge in [-0.1, -0.05) is 25.4 Å². The van der Waals surface area contributed by atoms with Crippen LogP contribution in [0.3, 0.4) is 0 Å². The predicted octanol–water partition coefficient (Wildman–Crippen LogP) is 2.79. The molecule has 188 valence electrons. The first-order chi connectivity index (χ1) is 16.8. The zero-order valence-corrected chi connectivity index (χ0v) is 21.6. The average molecular weight is 520 g/mol. The van der Waals surface area contributed by atoms with Crippen molar-refractivity contribution in [2.45, 2.75) is 31.7 Å². The summed E-state index contributed by atoms with van der Waals surface area (Å²) in [5, 5.41) is 4.08. The van der Waals surface area contributed by atoms with Crippen molar-refractivity contribution in [1.29, 1.82) is 0 Å². The van der Waals surface area contributed by atoms with E-state index < -0.39 is 16.1 Å². The minimum absolute atomic E-state index is 0.100. The van der Waals surface area contributed by atoms with Gasteiger partial charge < -0.3 is 15.2 Å². The van der Waals surface area contributed by atoms with Crippen molar-refractivity contribution in [3.8, 4) is 0 Å². The fourth-order valence-electron chi connectivity index (χ4n) is 4.31. The Balaban J connectivity index is 1.42. The second kappa shape index (κ2) is 10.5. The average Bonchev–Trinajstić information content (AvgIpc) is 3.34. The molecule has 3 heterocycles. The number of anilines is 2. The van der Waals surface area contributed by atoms with Gasteiger partial charge in [-0.05, 0) is 31.2 Å². The molecule has 0 aliphatic carbocycles. The summed E-state index contributed by atoms with van der Waals surface area (Å²) in [6.45, 7) is 8.90. The molecular formula is C23H30ClN7O3S. The number of piperazine rings is 1. The van der Waals surface area contributed by atoms with Gasteiger partial charge in [0.05, 0.1) is 27.0 Å². The summed E-state index contributed by atoms with van der Waals surface area (Å²) in [6.07, 6.45) is 3.40. The van der Waals surface area contributed by atoms with Crippen LogP contribution in [0.1, 0.15) is 20.8 Å². The zero-order valence-electron chi connectivity index (χ0n) is 20.0. The normalized spacial score (nSPS) is 16.1. The van der Waals surface area contributed by atoms with Gasteiger partial charge >= 0.3 is 0 Å². The Kier molecular flexibility index (Phi) is 7.60. The van der Waals surface area contributed by atoms with Gasteiger partial charge in [-0.25, -0.2) is 18.4 Å². The van der Waals surface area contributed by atoms with E-state index in [0.29, 0.717) is 39.3 Å². The molecule has 2 aromatic heterocycles. The number of carbonyl (C=O) groups is 1. The third-order valence-corrected chi connectivity index (χ3v) is 8.79. The molecule has 2 N–H and O–H groups in total. The van der Waals surface area contributed by atoms with Gasteiger partial charge in [0.2, 0.25) is 15.9 Å². The number of aromatic nitrogens is 3. The molecule has 1 aliphatic heterocycles. The SMILES string of the molecule is CCN(CC)S(=O)(=O)c1ccc(Cl)c(NC(=O)C(C)N2CCN(c3ncnc4[nH]ccc34)CC2)c1. The van der Waals surface area contributed by atoms with E-state index in [1.807, 2.05) is 19.2 Å². The highest BCUT2D eigenvalue weighted by Gasteiger charge is 2.28. The molecule has 0 radical (unpaired) electrons. The van der Waals surface area contributed by atoms with Crippen LogP contribution in [0.4, 0.5) is 11.5 Å². The van der Waals surface area contributed by atoms with Crippen molar-refractivity contribution >= 4 is 50.1 Å². The lowest BCUT2D eigenvalue weighted by Crippen LogP contribution is -2.53. The van der Waals surface area contributed by atoms with Crippen molar-refractivity contribution in [3.05, 3.63) is 41.8 Å². The topological polar surface area (TPSA) is 115 Å². The van der Waals surface area contributed by atoms with Crippen molar-refractivity contribution in [2.24, 2.45) is 0 Å².